The van der Waals surface area contributed by atoms with Crippen LogP contribution in [0.1, 0.15) is 30.3 Å². The predicted octanol–water partition coefficient (Wildman–Crippen LogP) is 0.819. The third-order valence-electron chi connectivity index (χ3n) is 4.83. The van der Waals surface area contributed by atoms with Gasteiger partial charge in [-0.3, -0.25) is 9.69 Å². The lowest BCUT2D eigenvalue weighted by Gasteiger charge is -2.35. The monoisotopic (exact) mass is 292 g/mol. The van der Waals surface area contributed by atoms with Gasteiger partial charge in [0.05, 0.1) is 0 Å². The third-order valence-corrected chi connectivity index (χ3v) is 4.83. The normalized spacial score (nSPS) is 28.9. The number of hydrogen-bond acceptors (Lipinski definition) is 5. The van der Waals surface area contributed by atoms with Gasteiger partial charge in [0, 0.05) is 31.2 Å². The Balaban J connectivity index is 1.55. The second-order valence-corrected chi connectivity index (χ2v) is 6.43. The van der Waals surface area contributed by atoms with Crippen LogP contribution in [0, 0.1) is 5.92 Å². The van der Waals surface area contributed by atoms with Gasteiger partial charge in [-0.1, -0.05) is 12.1 Å². The Labute approximate surface area is 125 Å². The maximum absolute atomic E-state index is 12.1. The number of nitrogens with one attached hydrogen (secondary N) is 1. The average molecular weight is 292 g/mol. The fourth-order valence-corrected chi connectivity index (χ4v) is 3.42. The average Bonchev–Trinajstić information content (AvgIpc) is 3.10. The van der Waals surface area contributed by atoms with Gasteiger partial charge in [-0.25, -0.2) is 0 Å². The molecular weight excluding hydrogens is 268 g/mol. The van der Waals surface area contributed by atoms with E-state index < -0.39 is 0 Å². The zero-order chi connectivity index (χ0) is 14.8. The van der Waals surface area contributed by atoms with Crippen molar-refractivity contribution in [2.45, 2.75) is 31.8 Å². The van der Waals surface area contributed by atoms with E-state index >= 15 is 0 Å². The Hall–Kier alpha value is -1.40. The van der Waals surface area contributed by atoms with Gasteiger partial charge in [0.1, 0.15) is 6.26 Å². The zero-order valence-corrected chi connectivity index (χ0v) is 12.8. The molecule has 1 aromatic rings. The Morgan fingerprint density at radius 1 is 1.38 bits per heavy atom. The topological polar surface area (TPSA) is 61.6 Å². The third kappa shape index (κ3) is 3.27. The number of amides is 1. The van der Waals surface area contributed by atoms with Crippen molar-refractivity contribution >= 4 is 5.91 Å². The standard InChI is InChI=1S/C15H24N4O2/c1-11-9-19(12-3-6-18(2)7-4-12)10-14(11)16-15(20)13-5-8-21-17-13/h5,8,11-12,14H,3-4,6-7,9-10H2,1-2H3,(H,16,20)/t11-,14-/m1/s1. The van der Waals surface area contributed by atoms with Crippen molar-refractivity contribution in [3.05, 3.63) is 18.0 Å². The maximum atomic E-state index is 12.1. The molecule has 0 aliphatic carbocycles. The van der Waals surface area contributed by atoms with Gasteiger partial charge in [0.15, 0.2) is 5.69 Å². The van der Waals surface area contributed by atoms with Crippen molar-refractivity contribution in [1.29, 1.82) is 0 Å². The van der Waals surface area contributed by atoms with E-state index in [0.29, 0.717) is 17.7 Å². The zero-order valence-electron chi connectivity index (χ0n) is 12.8. The summed E-state index contributed by atoms with van der Waals surface area (Å²) >= 11 is 0. The molecule has 21 heavy (non-hydrogen) atoms. The van der Waals surface area contributed by atoms with Crippen molar-refractivity contribution in [3.63, 3.8) is 0 Å². The molecule has 2 atom stereocenters. The van der Waals surface area contributed by atoms with E-state index in [1.165, 1.54) is 32.2 Å². The lowest BCUT2D eigenvalue weighted by atomic mass is 10.0. The molecule has 0 spiro atoms. The molecule has 2 aliphatic rings. The molecule has 3 heterocycles. The lowest BCUT2D eigenvalue weighted by Crippen LogP contribution is -2.44. The molecule has 6 nitrogen and oxygen atoms in total. The molecule has 1 aromatic heterocycles. The Morgan fingerprint density at radius 3 is 2.81 bits per heavy atom. The van der Waals surface area contributed by atoms with E-state index in [1.807, 2.05) is 0 Å². The van der Waals surface area contributed by atoms with Crippen LogP contribution in [-0.2, 0) is 0 Å². The summed E-state index contributed by atoms with van der Waals surface area (Å²) in [6.45, 7) is 6.57. The summed E-state index contributed by atoms with van der Waals surface area (Å²) in [7, 11) is 2.18. The second-order valence-electron chi connectivity index (χ2n) is 6.43. The largest absolute Gasteiger partial charge is 0.364 e. The number of likely N-dealkylation sites (tertiary alicyclic amines) is 2. The summed E-state index contributed by atoms with van der Waals surface area (Å²) in [4.78, 5) is 17.0. The molecule has 3 rings (SSSR count). The molecular formula is C15H24N4O2. The number of hydrogen-bond donors (Lipinski definition) is 1. The maximum Gasteiger partial charge on any atom is 0.273 e. The van der Waals surface area contributed by atoms with Gasteiger partial charge in [-0.2, -0.15) is 0 Å². The molecule has 6 heteroatoms. The van der Waals surface area contributed by atoms with E-state index in [4.69, 9.17) is 4.52 Å². The molecule has 0 bridgehead atoms. The molecule has 2 aliphatic heterocycles. The van der Waals surface area contributed by atoms with E-state index in [-0.39, 0.29) is 11.9 Å². The van der Waals surface area contributed by atoms with Crippen molar-refractivity contribution in [2.24, 2.45) is 5.92 Å². The van der Waals surface area contributed by atoms with Crippen molar-refractivity contribution in [3.8, 4) is 0 Å². The minimum Gasteiger partial charge on any atom is -0.364 e. The Morgan fingerprint density at radius 2 is 2.14 bits per heavy atom. The van der Waals surface area contributed by atoms with Crippen LogP contribution in [0.5, 0.6) is 0 Å². The molecule has 0 saturated carbocycles. The highest BCUT2D eigenvalue weighted by Gasteiger charge is 2.35. The first-order chi connectivity index (χ1) is 10.1. The highest BCUT2D eigenvalue weighted by Crippen LogP contribution is 2.24. The predicted molar refractivity (Wildman–Crippen MR) is 79.0 cm³/mol. The fraction of sp³-hybridized carbons (Fsp3) is 0.733. The van der Waals surface area contributed by atoms with E-state index in [2.05, 4.69) is 34.2 Å². The first-order valence-corrected chi connectivity index (χ1v) is 7.77. The van der Waals surface area contributed by atoms with Crippen LogP contribution in [0.25, 0.3) is 0 Å². The van der Waals surface area contributed by atoms with Gasteiger partial charge in [0.25, 0.3) is 5.91 Å². The molecule has 2 saturated heterocycles. The summed E-state index contributed by atoms with van der Waals surface area (Å²) in [5.74, 6) is 0.339. The molecule has 2 fully saturated rings. The van der Waals surface area contributed by atoms with Crippen LogP contribution in [-0.4, -0.2) is 66.2 Å². The molecule has 0 radical (unpaired) electrons. The highest BCUT2D eigenvalue weighted by molar-refractivity contribution is 5.92. The molecule has 1 amide bonds. The van der Waals surface area contributed by atoms with Crippen molar-refractivity contribution < 1.29 is 9.32 Å². The fourth-order valence-electron chi connectivity index (χ4n) is 3.42. The first-order valence-electron chi connectivity index (χ1n) is 7.77. The number of rotatable bonds is 3. The van der Waals surface area contributed by atoms with Crippen LogP contribution in [0.4, 0.5) is 0 Å². The number of carbonyl (C=O) groups excluding carboxylic acids is 1. The van der Waals surface area contributed by atoms with Gasteiger partial charge in [-0.05, 0) is 38.9 Å². The quantitative estimate of drug-likeness (QED) is 0.893. The van der Waals surface area contributed by atoms with Gasteiger partial charge in [0.2, 0.25) is 0 Å². The summed E-state index contributed by atoms with van der Waals surface area (Å²) < 4.78 is 4.73. The summed E-state index contributed by atoms with van der Waals surface area (Å²) in [5, 5.41) is 6.79. The van der Waals surface area contributed by atoms with E-state index in [0.717, 1.165) is 13.1 Å². The van der Waals surface area contributed by atoms with Crippen molar-refractivity contribution in [2.75, 3.05) is 33.2 Å². The van der Waals surface area contributed by atoms with E-state index in [9.17, 15) is 4.79 Å². The summed E-state index contributed by atoms with van der Waals surface area (Å²) in [6, 6.07) is 2.47. The highest BCUT2D eigenvalue weighted by atomic mass is 16.5. The van der Waals surface area contributed by atoms with E-state index in [1.54, 1.807) is 6.07 Å². The molecule has 1 N–H and O–H groups in total. The van der Waals surface area contributed by atoms with Gasteiger partial charge < -0.3 is 14.7 Å². The van der Waals surface area contributed by atoms with Crippen LogP contribution in [0.2, 0.25) is 0 Å². The van der Waals surface area contributed by atoms with Crippen LogP contribution >= 0.6 is 0 Å². The Bertz CT molecular complexity index is 468. The van der Waals surface area contributed by atoms with Crippen molar-refractivity contribution in [1.82, 2.24) is 20.3 Å². The summed E-state index contributed by atoms with van der Waals surface area (Å²) in [6.07, 6.45) is 3.89. The number of piperidine rings is 1. The molecule has 116 valence electrons. The van der Waals surface area contributed by atoms with Crippen LogP contribution in [0.15, 0.2) is 16.9 Å². The first kappa shape index (κ1) is 14.5. The second kappa shape index (κ2) is 6.15. The summed E-state index contributed by atoms with van der Waals surface area (Å²) in [5.41, 5.74) is 0.361. The van der Waals surface area contributed by atoms with Crippen LogP contribution < -0.4 is 5.32 Å². The Kier molecular flexibility index (Phi) is 4.26. The van der Waals surface area contributed by atoms with Crippen LogP contribution in [0.3, 0.4) is 0 Å². The minimum atomic E-state index is -0.133. The number of nitrogens with zero attached hydrogens (tertiary/aromatic N) is 3. The SMILES string of the molecule is C[C@@H]1CN(C2CCN(C)CC2)C[C@H]1NC(=O)c1ccon1. The lowest BCUT2D eigenvalue weighted by molar-refractivity contribution is 0.0918. The van der Waals surface area contributed by atoms with Gasteiger partial charge >= 0.3 is 0 Å². The molecule has 0 unspecified atom stereocenters. The minimum absolute atomic E-state index is 0.133. The smallest absolute Gasteiger partial charge is 0.273 e. The number of carbonyl (C=O) groups is 1. The number of aromatic nitrogens is 1. The van der Waals surface area contributed by atoms with Gasteiger partial charge in [-0.15, -0.1) is 0 Å². The molecule has 0 aromatic carbocycles.